The fraction of sp³-hybridized carbons (Fsp3) is 0.219. The molecular formula is C32H31ClN2O2. The van der Waals surface area contributed by atoms with Gasteiger partial charge >= 0.3 is 0 Å². The molecule has 4 aromatic rings. The van der Waals surface area contributed by atoms with E-state index in [-0.39, 0.29) is 18.3 Å². The SMILES string of the molecule is C#CCCC(=O)n1cc(C2=CCN(Cc3ccccc3)CC2)c2cc(OCc3ccccc3)ccc21.Cl. The minimum Gasteiger partial charge on any atom is -0.489 e. The first-order chi connectivity index (χ1) is 17.7. The number of ether oxygens (including phenoxy) is 1. The van der Waals surface area contributed by atoms with Gasteiger partial charge in [0.05, 0.1) is 5.52 Å². The summed E-state index contributed by atoms with van der Waals surface area (Å²) >= 11 is 0. The summed E-state index contributed by atoms with van der Waals surface area (Å²) in [6, 6.07) is 26.7. The van der Waals surface area contributed by atoms with E-state index in [1.165, 1.54) is 11.1 Å². The standard InChI is InChI=1S/C32H30N2O2.ClH/c1-2-3-14-32(35)34-23-30(27-17-19-33(20-18-27)22-25-10-6-4-7-11-25)29-21-28(15-16-31(29)34)36-24-26-12-8-5-9-13-26;/h1,4-13,15-17,21,23H,3,14,18-20,22,24H2;1H. The molecular weight excluding hydrogens is 480 g/mol. The minimum absolute atomic E-state index is 0. The molecule has 37 heavy (non-hydrogen) atoms. The first-order valence-electron chi connectivity index (χ1n) is 12.5. The van der Waals surface area contributed by atoms with Crippen LogP contribution in [0.25, 0.3) is 16.5 Å². The van der Waals surface area contributed by atoms with Crippen LogP contribution in [0, 0.1) is 12.3 Å². The zero-order chi connectivity index (χ0) is 24.7. The van der Waals surface area contributed by atoms with Crippen LogP contribution >= 0.6 is 12.4 Å². The summed E-state index contributed by atoms with van der Waals surface area (Å²) in [4.78, 5) is 15.4. The lowest BCUT2D eigenvalue weighted by molar-refractivity contribution is 0.0910. The lowest BCUT2D eigenvalue weighted by Gasteiger charge is -2.26. The number of nitrogens with zero attached hydrogens (tertiary/aromatic N) is 2. The quantitative estimate of drug-likeness (QED) is 0.240. The van der Waals surface area contributed by atoms with E-state index in [1.54, 1.807) is 4.57 Å². The summed E-state index contributed by atoms with van der Waals surface area (Å²) in [5.41, 5.74) is 5.71. The number of benzene rings is 3. The van der Waals surface area contributed by atoms with Crippen LogP contribution in [0.2, 0.25) is 0 Å². The molecule has 0 saturated carbocycles. The van der Waals surface area contributed by atoms with Gasteiger partial charge in [0.2, 0.25) is 5.91 Å². The van der Waals surface area contributed by atoms with Gasteiger partial charge in [-0.3, -0.25) is 14.3 Å². The zero-order valence-electron chi connectivity index (χ0n) is 20.8. The first-order valence-corrected chi connectivity index (χ1v) is 12.5. The van der Waals surface area contributed by atoms with Crippen LogP contribution in [-0.2, 0) is 13.2 Å². The van der Waals surface area contributed by atoms with E-state index in [0.717, 1.165) is 53.8 Å². The average molecular weight is 511 g/mol. The van der Waals surface area contributed by atoms with Crippen LogP contribution in [0.4, 0.5) is 0 Å². The molecule has 4 nitrogen and oxygen atoms in total. The monoisotopic (exact) mass is 510 g/mol. The molecule has 5 heteroatoms. The maximum absolute atomic E-state index is 13.0. The Morgan fingerprint density at radius 1 is 0.973 bits per heavy atom. The number of hydrogen-bond acceptors (Lipinski definition) is 3. The van der Waals surface area contributed by atoms with Gasteiger partial charge in [-0.05, 0) is 41.3 Å². The molecule has 0 N–H and O–H groups in total. The van der Waals surface area contributed by atoms with Crippen molar-refractivity contribution in [1.82, 2.24) is 9.47 Å². The molecule has 2 heterocycles. The molecule has 0 radical (unpaired) electrons. The number of carbonyl (C=O) groups is 1. The van der Waals surface area contributed by atoms with E-state index in [4.69, 9.17) is 11.2 Å². The van der Waals surface area contributed by atoms with E-state index >= 15 is 0 Å². The molecule has 0 aliphatic carbocycles. The van der Waals surface area contributed by atoms with Gasteiger partial charge in [-0.15, -0.1) is 24.8 Å². The first kappa shape index (κ1) is 26.3. The Bertz CT molecular complexity index is 1420. The van der Waals surface area contributed by atoms with Gasteiger partial charge in [-0.1, -0.05) is 66.7 Å². The maximum Gasteiger partial charge on any atom is 0.232 e. The molecule has 1 aliphatic rings. The van der Waals surface area contributed by atoms with Crippen LogP contribution in [0.15, 0.2) is 91.1 Å². The van der Waals surface area contributed by atoms with Gasteiger partial charge in [0.1, 0.15) is 12.4 Å². The van der Waals surface area contributed by atoms with Crippen molar-refractivity contribution in [3.63, 3.8) is 0 Å². The number of rotatable bonds is 8. The largest absolute Gasteiger partial charge is 0.489 e. The molecule has 1 aliphatic heterocycles. The van der Waals surface area contributed by atoms with Crippen molar-refractivity contribution >= 4 is 34.8 Å². The number of hydrogen-bond donors (Lipinski definition) is 0. The zero-order valence-corrected chi connectivity index (χ0v) is 21.6. The molecule has 0 unspecified atom stereocenters. The van der Waals surface area contributed by atoms with Crippen molar-refractivity contribution in [3.8, 4) is 18.1 Å². The molecule has 3 aromatic carbocycles. The second kappa shape index (κ2) is 12.5. The van der Waals surface area contributed by atoms with Crippen molar-refractivity contribution in [2.45, 2.75) is 32.4 Å². The van der Waals surface area contributed by atoms with E-state index in [2.05, 4.69) is 65.4 Å². The second-order valence-corrected chi connectivity index (χ2v) is 9.16. The van der Waals surface area contributed by atoms with Crippen LogP contribution < -0.4 is 4.74 Å². The van der Waals surface area contributed by atoms with Crippen molar-refractivity contribution in [2.75, 3.05) is 13.1 Å². The predicted molar refractivity (Wildman–Crippen MR) is 153 cm³/mol. The number of aromatic nitrogens is 1. The van der Waals surface area contributed by atoms with E-state index < -0.39 is 0 Å². The van der Waals surface area contributed by atoms with Gasteiger partial charge in [0.25, 0.3) is 0 Å². The summed E-state index contributed by atoms with van der Waals surface area (Å²) in [6.45, 7) is 3.30. The number of halogens is 1. The molecule has 5 rings (SSSR count). The molecule has 0 amide bonds. The van der Waals surface area contributed by atoms with Crippen molar-refractivity contribution in [2.24, 2.45) is 0 Å². The third-order valence-corrected chi connectivity index (χ3v) is 6.66. The Hall–Kier alpha value is -3.78. The van der Waals surface area contributed by atoms with Gasteiger partial charge in [0.15, 0.2) is 0 Å². The van der Waals surface area contributed by atoms with Crippen molar-refractivity contribution < 1.29 is 9.53 Å². The maximum atomic E-state index is 13.0. The molecule has 0 spiro atoms. The highest BCUT2D eigenvalue weighted by atomic mass is 35.5. The van der Waals surface area contributed by atoms with E-state index in [9.17, 15) is 4.79 Å². The summed E-state index contributed by atoms with van der Waals surface area (Å²) in [6.07, 6.45) is 11.4. The molecule has 0 fully saturated rings. The average Bonchev–Trinajstić information content (AvgIpc) is 3.31. The fourth-order valence-corrected chi connectivity index (χ4v) is 4.74. The highest BCUT2D eigenvalue weighted by molar-refractivity contribution is 6.00. The van der Waals surface area contributed by atoms with Crippen LogP contribution in [-0.4, -0.2) is 28.5 Å². The summed E-state index contributed by atoms with van der Waals surface area (Å²) in [5, 5.41) is 1.04. The molecule has 188 valence electrons. The van der Waals surface area contributed by atoms with E-state index in [1.807, 2.05) is 36.5 Å². The Labute approximate surface area is 225 Å². The minimum atomic E-state index is 0. The highest BCUT2D eigenvalue weighted by Crippen LogP contribution is 2.34. The third kappa shape index (κ3) is 6.32. The van der Waals surface area contributed by atoms with Crippen LogP contribution in [0.3, 0.4) is 0 Å². The smallest absolute Gasteiger partial charge is 0.232 e. The second-order valence-electron chi connectivity index (χ2n) is 9.16. The molecule has 1 aromatic heterocycles. The normalized spacial score (nSPS) is 13.4. The Kier molecular flexibility index (Phi) is 8.85. The highest BCUT2D eigenvalue weighted by Gasteiger charge is 2.20. The molecule has 0 saturated heterocycles. The van der Waals surface area contributed by atoms with Crippen LogP contribution in [0.1, 0.15) is 40.7 Å². The van der Waals surface area contributed by atoms with Gasteiger partial charge < -0.3 is 4.74 Å². The van der Waals surface area contributed by atoms with Crippen molar-refractivity contribution in [1.29, 1.82) is 0 Å². The number of terminal acetylenes is 1. The summed E-state index contributed by atoms with van der Waals surface area (Å²) in [5.74, 6) is 3.39. The Balaban J connectivity index is 0.00000320. The summed E-state index contributed by atoms with van der Waals surface area (Å²) < 4.78 is 7.88. The van der Waals surface area contributed by atoms with Gasteiger partial charge in [0, 0.05) is 49.6 Å². The Morgan fingerprint density at radius 3 is 2.38 bits per heavy atom. The predicted octanol–water partition coefficient (Wildman–Crippen LogP) is 6.99. The molecule has 0 atom stereocenters. The van der Waals surface area contributed by atoms with Crippen LogP contribution in [0.5, 0.6) is 5.75 Å². The number of fused-ring (bicyclic) bond motifs is 1. The van der Waals surface area contributed by atoms with Crippen molar-refractivity contribution in [3.05, 3.63) is 108 Å². The van der Waals surface area contributed by atoms with Gasteiger partial charge in [-0.25, -0.2) is 0 Å². The summed E-state index contributed by atoms with van der Waals surface area (Å²) in [7, 11) is 0. The number of carbonyl (C=O) groups excluding carboxylic acids is 1. The Morgan fingerprint density at radius 2 is 1.70 bits per heavy atom. The topological polar surface area (TPSA) is 34.5 Å². The fourth-order valence-electron chi connectivity index (χ4n) is 4.74. The van der Waals surface area contributed by atoms with E-state index in [0.29, 0.717) is 19.4 Å². The molecule has 0 bridgehead atoms. The lowest BCUT2D eigenvalue weighted by atomic mass is 9.98. The third-order valence-electron chi connectivity index (χ3n) is 6.66. The lowest BCUT2D eigenvalue weighted by Crippen LogP contribution is -2.27. The van der Waals surface area contributed by atoms with Gasteiger partial charge in [-0.2, -0.15) is 0 Å².